The van der Waals surface area contributed by atoms with Crippen LogP contribution >= 0.6 is 38.5 Å². The number of benzene rings is 5. The van der Waals surface area contributed by atoms with E-state index < -0.39 is 0 Å². The molecule has 1 spiro atoms. The van der Waals surface area contributed by atoms with Gasteiger partial charge in [0.1, 0.15) is 0 Å². The Morgan fingerprint density at radius 2 is 1.21 bits per heavy atom. The van der Waals surface area contributed by atoms with Gasteiger partial charge in [-0.3, -0.25) is 0 Å². The van der Waals surface area contributed by atoms with E-state index in [0.717, 1.165) is 4.47 Å². The summed E-state index contributed by atoms with van der Waals surface area (Å²) in [5, 5.41) is 0. The van der Waals surface area contributed by atoms with Crippen LogP contribution in [0.5, 0.6) is 0 Å². The molecule has 0 heterocycles. The second-order valence-electron chi connectivity index (χ2n) is 8.77. The van der Waals surface area contributed by atoms with E-state index in [1.54, 1.807) is 0 Å². The third-order valence-corrected chi connectivity index (χ3v) is 8.56. The largest absolute Gasteiger partial charge is 0.0726 e. The Kier molecular flexibility index (Phi) is 4.28. The minimum Gasteiger partial charge on any atom is -0.0622 e. The molecule has 156 valence electrons. The van der Waals surface area contributed by atoms with E-state index in [0.29, 0.717) is 0 Å². The maximum absolute atomic E-state index is 3.90. The van der Waals surface area contributed by atoms with Crippen molar-refractivity contribution in [2.75, 3.05) is 0 Å². The van der Waals surface area contributed by atoms with Gasteiger partial charge >= 0.3 is 0 Å². The van der Waals surface area contributed by atoms with Crippen LogP contribution in [0.4, 0.5) is 0 Å². The fourth-order valence-electron chi connectivity index (χ4n) is 5.97. The van der Waals surface area contributed by atoms with Crippen molar-refractivity contribution in [3.05, 3.63) is 139 Å². The van der Waals surface area contributed by atoms with E-state index in [1.165, 1.54) is 59.2 Å². The molecule has 1 unspecified atom stereocenters. The summed E-state index contributed by atoms with van der Waals surface area (Å²) >= 11 is 6.35. The Balaban J connectivity index is 1.66. The van der Waals surface area contributed by atoms with Crippen LogP contribution in [0.1, 0.15) is 22.3 Å². The lowest BCUT2D eigenvalue weighted by Gasteiger charge is -2.31. The highest BCUT2D eigenvalue weighted by molar-refractivity contribution is 14.1. The quantitative estimate of drug-likeness (QED) is 0.166. The third kappa shape index (κ3) is 2.57. The van der Waals surface area contributed by atoms with Crippen molar-refractivity contribution in [2.24, 2.45) is 0 Å². The van der Waals surface area contributed by atoms with Gasteiger partial charge in [0.25, 0.3) is 0 Å². The van der Waals surface area contributed by atoms with Gasteiger partial charge in [-0.25, -0.2) is 0 Å². The van der Waals surface area contributed by atoms with E-state index >= 15 is 0 Å². The van der Waals surface area contributed by atoms with Gasteiger partial charge in [0.05, 0.1) is 5.41 Å². The summed E-state index contributed by atoms with van der Waals surface area (Å²) in [5.74, 6) is 0. The van der Waals surface area contributed by atoms with Crippen LogP contribution in [-0.2, 0) is 5.41 Å². The zero-order chi connectivity index (χ0) is 22.2. The summed E-state index contributed by atoms with van der Waals surface area (Å²) in [7, 11) is 0. The normalized spacial score (nSPS) is 16.9. The lowest BCUT2D eigenvalue weighted by Crippen LogP contribution is -2.26. The first kappa shape index (κ1) is 19.7. The van der Waals surface area contributed by atoms with Crippen molar-refractivity contribution in [1.29, 1.82) is 0 Å². The van der Waals surface area contributed by atoms with Crippen LogP contribution < -0.4 is 0 Å². The van der Waals surface area contributed by atoms with Crippen LogP contribution in [-0.4, -0.2) is 0 Å². The molecule has 0 fully saturated rings. The average molecular weight is 597 g/mol. The number of halogens is 2. The van der Waals surface area contributed by atoms with Crippen molar-refractivity contribution in [3.8, 4) is 33.4 Å². The molecule has 0 bridgehead atoms. The molecule has 2 aliphatic carbocycles. The van der Waals surface area contributed by atoms with Gasteiger partial charge in [0, 0.05) is 13.6 Å². The summed E-state index contributed by atoms with van der Waals surface area (Å²) in [6.07, 6.45) is 0. The van der Waals surface area contributed by atoms with Crippen LogP contribution in [0.2, 0.25) is 0 Å². The first-order valence-corrected chi connectivity index (χ1v) is 13.0. The van der Waals surface area contributed by atoms with Crippen LogP contribution in [0.25, 0.3) is 33.4 Å². The molecule has 0 saturated carbocycles. The molecule has 0 aliphatic heterocycles. The molecule has 5 aromatic rings. The standard InChI is InChI=1S/C31H18BrI/c32-29-12-6-11-26-30(29)24-16-14-21(33)18-28(24)31(26)25-10-5-4-9-22(25)23-15-13-20(17-27(23)31)19-7-2-1-3-8-19/h1-18H. The molecule has 0 saturated heterocycles. The van der Waals surface area contributed by atoms with E-state index in [2.05, 4.69) is 148 Å². The molecule has 0 radical (unpaired) electrons. The van der Waals surface area contributed by atoms with Crippen molar-refractivity contribution < 1.29 is 0 Å². The topological polar surface area (TPSA) is 0 Å². The van der Waals surface area contributed by atoms with Crippen molar-refractivity contribution in [3.63, 3.8) is 0 Å². The minimum atomic E-state index is -0.313. The number of rotatable bonds is 1. The average Bonchev–Trinajstić information content (AvgIpc) is 3.32. The van der Waals surface area contributed by atoms with Crippen molar-refractivity contribution >= 4 is 38.5 Å². The fourth-order valence-corrected chi connectivity index (χ4v) is 7.04. The number of hydrogen-bond acceptors (Lipinski definition) is 0. The molecular formula is C31H18BrI. The van der Waals surface area contributed by atoms with Gasteiger partial charge < -0.3 is 0 Å². The Morgan fingerprint density at radius 1 is 0.515 bits per heavy atom. The third-order valence-electron chi connectivity index (χ3n) is 7.22. The summed E-state index contributed by atoms with van der Waals surface area (Å²) in [5.41, 5.74) is 13.0. The van der Waals surface area contributed by atoms with Crippen molar-refractivity contribution in [1.82, 2.24) is 0 Å². The van der Waals surface area contributed by atoms with Gasteiger partial charge in [-0.15, -0.1) is 0 Å². The first-order chi connectivity index (χ1) is 16.2. The first-order valence-electron chi connectivity index (χ1n) is 11.1. The van der Waals surface area contributed by atoms with Crippen LogP contribution in [0.15, 0.2) is 114 Å². The molecule has 2 heteroatoms. The van der Waals surface area contributed by atoms with Gasteiger partial charge in [0.2, 0.25) is 0 Å². The molecule has 2 aliphatic rings. The van der Waals surface area contributed by atoms with Gasteiger partial charge in [-0.05, 0) is 96.9 Å². The predicted octanol–water partition coefficient (Wildman–Crippen LogP) is 9.06. The van der Waals surface area contributed by atoms with E-state index in [9.17, 15) is 0 Å². The predicted molar refractivity (Wildman–Crippen MR) is 149 cm³/mol. The summed E-state index contributed by atoms with van der Waals surface area (Å²) < 4.78 is 2.42. The van der Waals surface area contributed by atoms with Gasteiger partial charge in [-0.1, -0.05) is 101 Å². The molecule has 0 N–H and O–H groups in total. The summed E-state index contributed by atoms with van der Waals surface area (Å²) in [6.45, 7) is 0. The summed E-state index contributed by atoms with van der Waals surface area (Å²) in [6, 6.07) is 40.3. The molecule has 1 atom stereocenters. The highest BCUT2D eigenvalue weighted by Crippen LogP contribution is 2.64. The molecule has 33 heavy (non-hydrogen) atoms. The molecule has 0 nitrogen and oxygen atoms in total. The van der Waals surface area contributed by atoms with Crippen molar-refractivity contribution in [2.45, 2.75) is 5.41 Å². The molecule has 7 rings (SSSR count). The fraction of sp³-hybridized carbons (Fsp3) is 0.0323. The number of hydrogen-bond donors (Lipinski definition) is 0. The van der Waals surface area contributed by atoms with E-state index in [1.807, 2.05) is 0 Å². The maximum atomic E-state index is 3.90. The highest BCUT2D eigenvalue weighted by atomic mass is 127. The molecule has 5 aromatic carbocycles. The molecule has 0 aromatic heterocycles. The second kappa shape index (κ2) is 7.15. The molecule has 0 amide bonds. The highest BCUT2D eigenvalue weighted by Gasteiger charge is 2.52. The maximum Gasteiger partial charge on any atom is 0.0726 e. The second-order valence-corrected chi connectivity index (χ2v) is 10.9. The Morgan fingerprint density at radius 3 is 2.09 bits per heavy atom. The monoisotopic (exact) mass is 596 g/mol. The Hall–Kier alpha value is -2.69. The summed E-state index contributed by atoms with van der Waals surface area (Å²) in [4.78, 5) is 0. The van der Waals surface area contributed by atoms with E-state index in [-0.39, 0.29) is 5.41 Å². The van der Waals surface area contributed by atoms with Gasteiger partial charge in [0.15, 0.2) is 0 Å². The SMILES string of the molecule is Brc1cccc2c1-c1ccc(I)cc1C21c2ccccc2-c2ccc(-c3ccccc3)cc21. The number of fused-ring (bicyclic) bond motifs is 10. The zero-order valence-electron chi connectivity index (χ0n) is 17.6. The lowest BCUT2D eigenvalue weighted by atomic mass is 9.70. The Labute approximate surface area is 215 Å². The minimum absolute atomic E-state index is 0.313. The van der Waals surface area contributed by atoms with Gasteiger partial charge in [-0.2, -0.15) is 0 Å². The van der Waals surface area contributed by atoms with Crippen LogP contribution in [0.3, 0.4) is 0 Å². The Bertz CT molecular complexity index is 1580. The molecular weight excluding hydrogens is 579 g/mol. The lowest BCUT2D eigenvalue weighted by molar-refractivity contribution is 0.793. The smallest absolute Gasteiger partial charge is 0.0622 e. The zero-order valence-corrected chi connectivity index (χ0v) is 21.4. The van der Waals surface area contributed by atoms with E-state index in [4.69, 9.17) is 0 Å². The van der Waals surface area contributed by atoms with Crippen LogP contribution in [0, 0.1) is 3.57 Å².